The van der Waals surface area contributed by atoms with Gasteiger partial charge in [0.1, 0.15) is 11.6 Å². The highest BCUT2D eigenvalue weighted by Crippen LogP contribution is 2.40. The first-order valence-electron chi connectivity index (χ1n) is 6.43. The normalized spacial score (nSPS) is 21.0. The summed E-state index contributed by atoms with van der Waals surface area (Å²) in [5.74, 6) is -0.621. The second kappa shape index (κ2) is 4.93. The Morgan fingerprint density at radius 3 is 2.60 bits per heavy atom. The Bertz CT molecular complexity index is 672. The first-order valence-corrected chi connectivity index (χ1v) is 7.22. The van der Waals surface area contributed by atoms with Gasteiger partial charge in [0.2, 0.25) is 0 Å². The van der Waals surface area contributed by atoms with E-state index < -0.39 is 5.60 Å². The van der Waals surface area contributed by atoms with Crippen molar-refractivity contribution < 1.29 is 13.9 Å². The smallest absolute Gasteiger partial charge is 0.123 e. The van der Waals surface area contributed by atoms with E-state index in [-0.39, 0.29) is 11.6 Å². The van der Waals surface area contributed by atoms with E-state index in [2.05, 4.69) is 15.9 Å². The molecule has 104 valence electrons. The minimum Gasteiger partial charge on any atom is -0.385 e. The minimum absolute atomic E-state index is 0.292. The maximum atomic E-state index is 13.3. The van der Waals surface area contributed by atoms with Gasteiger partial charge in [-0.25, -0.2) is 8.78 Å². The summed E-state index contributed by atoms with van der Waals surface area (Å²) in [6, 6.07) is 8.88. The molecule has 0 saturated heterocycles. The Labute approximate surface area is 124 Å². The number of benzene rings is 2. The fourth-order valence-electron chi connectivity index (χ4n) is 2.88. The molecular weight excluding hydrogens is 326 g/mol. The average molecular weight is 339 g/mol. The summed E-state index contributed by atoms with van der Waals surface area (Å²) in [6.07, 6.45) is 1.47. The molecule has 0 heterocycles. The minimum atomic E-state index is -1.06. The largest absolute Gasteiger partial charge is 0.385 e. The molecule has 0 fully saturated rings. The number of hydrogen-bond acceptors (Lipinski definition) is 1. The van der Waals surface area contributed by atoms with Gasteiger partial charge in [-0.2, -0.15) is 0 Å². The molecule has 4 heteroatoms. The molecule has 1 aliphatic carbocycles. The van der Waals surface area contributed by atoms with Crippen molar-refractivity contribution in [2.24, 2.45) is 0 Å². The van der Waals surface area contributed by atoms with Crippen molar-refractivity contribution in [2.75, 3.05) is 0 Å². The van der Waals surface area contributed by atoms with Crippen LogP contribution in [0, 0.1) is 11.6 Å². The number of aryl methyl sites for hydroxylation is 1. The second-order valence-electron chi connectivity index (χ2n) is 5.25. The lowest BCUT2D eigenvalue weighted by Gasteiger charge is -2.25. The molecule has 3 rings (SSSR count). The Morgan fingerprint density at radius 2 is 1.80 bits per heavy atom. The number of halogens is 3. The third kappa shape index (κ3) is 2.38. The van der Waals surface area contributed by atoms with Crippen LogP contribution >= 0.6 is 15.9 Å². The quantitative estimate of drug-likeness (QED) is 0.873. The summed E-state index contributed by atoms with van der Waals surface area (Å²) < 4.78 is 27.3. The van der Waals surface area contributed by atoms with Crippen LogP contribution in [0.3, 0.4) is 0 Å². The van der Waals surface area contributed by atoms with Crippen LogP contribution in [0.4, 0.5) is 8.78 Å². The van der Waals surface area contributed by atoms with Crippen molar-refractivity contribution in [2.45, 2.75) is 24.9 Å². The van der Waals surface area contributed by atoms with Crippen molar-refractivity contribution in [1.82, 2.24) is 0 Å². The maximum Gasteiger partial charge on any atom is 0.123 e. The first-order chi connectivity index (χ1) is 9.48. The van der Waals surface area contributed by atoms with Crippen molar-refractivity contribution in [1.29, 1.82) is 0 Å². The van der Waals surface area contributed by atoms with Crippen molar-refractivity contribution >= 4 is 15.9 Å². The highest BCUT2D eigenvalue weighted by Gasteiger charge is 2.37. The van der Waals surface area contributed by atoms with E-state index in [0.717, 1.165) is 15.6 Å². The molecule has 0 spiro atoms. The van der Waals surface area contributed by atoms with E-state index in [9.17, 15) is 13.9 Å². The monoisotopic (exact) mass is 338 g/mol. The van der Waals surface area contributed by atoms with Crippen LogP contribution in [-0.4, -0.2) is 5.11 Å². The zero-order chi connectivity index (χ0) is 14.3. The molecule has 2 aromatic rings. The summed E-state index contributed by atoms with van der Waals surface area (Å²) in [6.45, 7) is 0. The molecule has 1 aliphatic rings. The molecule has 0 radical (unpaired) electrons. The van der Waals surface area contributed by atoms with Gasteiger partial charge < -0.3 is 5.11 Å². The Balaban J connectivity index is 1.98. The van der Waals surface area contributed by atoms with Crippen LogP contribution in [0.5, 0.6) is 0 Å². The van der Waals surface area contributed by atoms with E-state index in [1.165, 1.54) is 24.3 Å². The lowest BCUT2D eigenvalue weighted by atomic mass is 9.89. The molecule has 0 saturated carbocycles. The topological polar surface area (TPSA) is 20.2 Å². The van der Waals surface area contributed by atoms with Gasteiger partial charge in [-0.15, -0.1) is 0 Å². The van der Waals surface area contributed by atoms with Gasteiger partial charge in [-0.05, 0) is 59.9 Å². The maximum absolute atomic E-state index is 13.3. The second-order valence-corrected chi connectivity index (χ2v) is 6.10. The molecule has 0 bridgehead atoms. The third-order valence-electron chi connectivity index (χ3n) is 3.87. The predicted molar refractivity (Wildman–Crippen MR) is 76.4 cm³/mol. The predicted octanol–water partition coefficient (Wildman–Crippen LogP) is 4.10. The van der Waals surface area contributed by atoms with E-state index >= 15 is 0 Å². The highest BCUT2D eigenvalue weighted by molar-refractivity contribution is 9.10. The Hall–Kier alpha value is -1.26. The third-order valence-corrected chi connectivity index (χ3v) is 4.64. The summed E-state index contributed by atoms with van der Waals surface area (Å²) in [7, 11) is 0. The van der Waals surface area contributed by atoms with Crippen molar-refractivity contribution in [3.63, 3.8) is 0 Å². The van der Waals surface area contributed by atoms with Crippen LogP contribution in [0.1, 0.15) is 23.1 Å². The molecule has 20 heavy (non-hydrogen) atoms. The summed E-state index contributed by atoms with van der Waals surface area (Å²) in [5.41, 5.74) is 1.24. The van der Waals surface area contributed by atoms with Gasteiger partial charge in [0.05, 0.1) is 5.60 Å². The lowest BCUT2D eigenvalue weighted by molar-refractivity contribution is 0.0387. The molecule has 1 atom stereocenters. The first kappa shape index (κ1) is 13.7. The van der Waals surface area contributed by atoms with E-state index in [1.807, 2.05) is 0 Å². The van der Waals surface area contributed by atoms with Gasteiger partial charge in [0, 0.05) is 10.9 Å². The van der Waals surface area contributed by atoms with Crippen LogP contribution in [0.25, 0.3) is 0 Å². The summed E-state index contributed by atoms with van der Waals surface area (Å²) >= 11 is 3.38. The molecule has 0 aliphatic heterocycles. The van der Waals surface area contributed by atoms with Crippen LogP contribution in [0.2, 0.25) is 0 Å². The molecular formula is C16H13BrF2O. The summed E-state index contributed by atoms with van der Waals surface area (Å²) in [5, 5.41) is 10.8. The zero-order valence-corrected chi connectivity index (χ0v) is 12.3. The van der Waals surface area contributed by atoms with E-state index in [0.29, 0.717) is 24.8 Å². The van der Waals surface area contributed by atoms with Gasteiger partial charge in [0.25, 0.3) is 0 Å². The van der Waals surface area contributed by atoms with Gasteiger partial charge >= 0.3 is 0 Å². The summed E-state index contributed by atoms with van der Waals surface area (Å²) in [4.78, 5) is 0. The molecule has 0 amide bonds. The van der Waals surface area contributed by atoms with Crippen molar-refractivity contribution in [3.8, 4) is 0 Å². The average Bonchev–Trinajstić information content (AvgIpc) is 2.71. The van der Waals surface area contributed by atoms with Gasteiger partial charge in [-0.3, -0.25) is 0 Å². The van der Waals surface area contributed by atoms with Crippen LogP contribution in [0.15, 0.2) is 40.9 Å². The lowest BCUT2D eigenvalue weighted by Crippen LogP contribution is -2.25. The molecule has 1 N–H and O–H groups in total. The van der Waals surface area contributed by atoms with Crippen LogP contribution in [-0.2, 0) is 18.4 Å². The molecule has 1 unspecified atom stereocenters. The molecule has 0 aromatic heterocycles. The fourth-order valence-corrected chi connectivity index (χ4v) is 3.26. The Morgan fingerprint density at radius 1 is 1.10 bits per heavy atom. The standard InChI is InChI=1S/C16H13BrF2O/c17-15-4-2-13(19)8-11(15)9-16(20)6-5-10-7-12(18)1-3-14(10)16/h1-4,7-8,20H,5-6,9H2. The fraction of sp³-hybridized carbons (Fsp3) is 0.250. The van der Waals surface area contributed by atoms with E-state index in [1.54, 1.807) is 12.1 Å². The number of fused-ring (bicyclic) bond motifs is 1. The van der Waals surface area contributed by atoms with Gasteiger partial charge in [-0.1, -0.05) is 22.0 Å². The molecule has 1 nitrogen and oxygen atoms in total. The number of hydrogen-bond donors (Lipinski definition) is 1. The molecule has 2 aromatic carbocycles. The van der Waals surface area contributed by atoms with E-state index in [4.69, 9.17) is 0 Å². The van der Waals surface area contributed by atoms with Crippen molar-refractivity contribution in [3.05, 3.63) is 69.2 Å². The SMILES string of the molecule is OC1(Cc2cc(F)ccc2Br)CCc2cc(F)ccc21. The Kier molecular flexibility index (Phi) is 3.38. The zero-order valence-electron chi connectivity index (χ0n) is 10.7. The number of rotatable bonds is 2. The van der Waals surface area contributed by atoms with Gasteiger partial charge in [0.15, 0.2) is 0 Å². The number of aliphatic hydroxyl groups is 1. The van der Waals surface area contributed by atoms with Crippen LogP contribution < -0.4 is 0 Å². The highest BCUT2D eigenvalue weighted by atomic mass is 79.9.